The topological polar surface area (TPSA) is 52.7 Å². The Morgan fingerprint density at radius 3 is 1.96 bits per heavy atom. The molecule has 2 amide bonds. The highest BCUT2D eigenvalue weighted by Gasteiger charge is 2.22. The first-order chi connectivity index (χ1) is 10.9. The first-order valence-corrected chi connectivity index (χ1v) is 8.33. The van der Waals surface area contributed by atoms with Crippen LogP contribution in [0.1, 0.15) is 27.7 Å². The first kappa shape index (κ1) is 17.3. The third-order valence-electron chi connectivity index (χ3n) is 4.11. The molecule has 1 aromatic carbocycles. The lowest BCUT2D eigenvalue weighted by molar-refractivity contribution is -0.134. The van der Waals surface area contributed by atoms with Gasteiger partial charge in [-0.2, -0.15) is 0 Å². The highest BCUT2D eigenvalue weighted by Crippen LogP contribution is 2.20. The highest BCUT2D eigenvalue weighted by molar-refractivity contribution is 5.92. The van der Waals surface area contributed by atoms with Crippen LogP contribution in [0.25, 0.3) is 0 Å². The largest absolute Gasteiger partial charge is 0.368 e. The Kier molecular flexibility index (Phi) is 5.64. The van der Waals surface area contributed by atoms with Crippen LogP contribution in [-0.2, 0) is 9.59 Å². The van der Waals surface area contributed by atoms with Crippen LogP contribution in [0.2, 0.25) is 0 Å². The van der Waals surface area contributed by atoms with Gasteiger partial charge in [0.1, 0.15) is 0 Å². The highest BCUT2D eigenvalue weighted by atomic mass is 16.2. The first-order valence-electron chi connectivity index (χ1n) is 8.33. The Hall–Kier alpha value is -2.04. The SMILES string of the molecule is CC(C)C(=O)Nc1ccc(N2CCN(C(=O)C(C)C)CC2)cc1. The fourth-order valence-electron chi connectivity index (χ4n) is 2.59. The molecule has 126 valence electrons. The Morgan fingerprint density at radius 1 is 0.913 bits per heavy atom. The molecule has 0 aromatic heterocycles. The molecule has 5 heteroatoms. The fourth-order valence-corrected chi connectivity index (χ4v) is 2.59. The zero-order valence-corrected chi connectivity index (χ0v) is 14.5. The summed E-state index contributed by atoms with van der Waals surface area (Å²) in [7, 11) is 0. The lowest BCUT2D eigenvalue weighted by atomic mass is 10.1. The number of rotatable bonds is 4. The summed E-state index contributed by atoms with van der Waals surface area (Å²) in [6.07, 6.45) is 0. The second-order valence-corrected chi connectivity index (χ2v) is 6.66. The van der Waals surface area contributed by atoms with Crippen LogP contribution in [0, 0.1) is 11.8 Å². The van der Waals surface area contributed by atoms with E-state index in [1.54, 1.807) is 0 Å². The third kappa shape index (κ3) is 4.47. The summed E-state index contributed by atoms with van der Waals surface area (Å²) >= 11 is 0. The second kappa shape index (κ2) is 7.49. The molecule has 1 aliphatic rings. The van der Waals surface area contributed by atoms with E-state index in [0.29, 0.717) is 0 Å². The fraction of sp³-hybridized carbons (Fsp3) is 0.556. The van der Waals surface area contributed by atoms with Crippen LogP contribution in [0.15, 0.2) is 24.3 Å². The third-order valence-corrected chi connectivity index (χ3v) is 4.11. The van der Waals surface area contributed by atoms with Crippen LogP contribution >= 0.6 is 0 Å². The molecule has 2 rings (SSSR count). The second-order valence-electron chi connectivity index (χ2n) is 6.66. The summed E-state index contributed by atoms with van der Waals surface area (Å²) in [6, 6.07) is 7.91. The average Bonchev–Trinajstić information content (AvgIpc) is 2.55. The molecule has 1 aromatic rings. The van der Waals surface area contributed by atoms with Gasteiger partial charge >= 0.3 is 0 Å². The Balaban J connectivity index is 1.91. The standard InChI is InChI=1S/C18H27N3O2/c1-13(2)17(22)19-15-5-7-16(8-6-15)20-9-11-21(12-10-20)18(23)14(3)4/h5-8,13-14H,9-12H2,1-4H3,(H,19,22). The molecule has 0 spiro atoms. The molecule has 5 nitrogen and oxygen atoms in total. The molecule has 0 aliphatic carbocycles. The van der Waals surface area contributed by atoms with Crippen LogP contribution in [0.5, 0.6) is 0 Å². The van der Waals surface area contributed by atoms with E-state index in [0.717, 1.165) is 37.6 Å². The van der Waals surface area contributed by atoms with E-state index in [4.69, 9.17) is 0 Å². The summed E-state index contributed by atoms with van der Waals surface area (Å²) in [5.41, 5.74) is 1.95. The molecule has 0 atom stereocenters. The van der Waals surface area contributed by atoms with Crippen molar-refractivity contribution in [2.45, 2.75) is 27.7 Å². The summed E-state index contributed by atoms with van der Waals surface area (Å²) in [4.78, 5) is 27.9. The van der Waals surface area contributed by atoms with Gasteiger partial charge in [-0.3, -0.25) is 9.59 Å². The van der Waals surface area contributed by atoms with Gasteiger partial charge in [-0.1, -0.05) is 27.7 Å². The van der Waals surface area contributed by atoms with Crippen molar-refractivity contribution in [2.75, 3.05) is 36.4 Å². The number of amides is 2. The van der Waals surface area contributed by atoms with E-state index in [-0.39, 0.29) is 23.7 Å². The minimum Gasteiger partial charge on any atom is -0.368 e. The quantitative estimate of drug-likeness (QED) is 0.928. The van der Waals surface area contributed by atoms with Gasteiger partial charge in [-0.25, -0.2) is 0 Å². The summed E-state index contributed by atoms with van der Waals surface area (Å²) in [5.74, 6) is 0.293. The summed E-state index contributed by atoms with van der Waals surface area (Å²) in [6.45, 7) is 10.9. The van der Waals surface area contributed by atoms with Crippen molar-refractivity contribution in [2.24, 2.45) is 11.8 Å². The van der Waals surface area contributed by atoms with Gasteiger partial charge in [0.25, 0.3) is 0 Å². The van der Waals surface area contributed by atoms with Gasteiger partial charge in [0.15, 0.2) is 0 Å². The van der Waals surface area contributed by atoms with Crippen LogP contribution in [-0.4, -0.2) is 42.9 Å². The number of nitrogens with zero attached hydrogens (tertiary/aromatic N) is 2. The number of piperazine rings is 1. The van der Waals surface area contributed by atoms with Gasteiger partial charge in [0.05, 0.1) is 0 Å². The monoisotopic (exact) mass is 317 g/mol. The Labute approximate surface area is 138 Å². The molecule has 0 unspecified atom stereocenters. The molecular weight excluding hydrogens is 290 g/mol. The molecule has 1 fully saturated rings. The molecular formula is C18H27N3O2. The van der Waals surface area contributed by atoms with Gasteiger partial charge < -0.3 is 15.1 Å². The van der Waals surface area contributed by atoms with Crippen molar-refractivity contribution in [3.63, 3.8) is 0 Å². The van der Waals surface area contributed by atoms with Gasteiger partial charge in [0.2, 0.25) is 11.8 Å². The molecule has 0 radical (unpaired) electrons. The molecule has 0 bridgehead atoms. The summed E-state index contributed by atoms with van der Waals surface area (Å²) < 4.78 is 0. The maximum absolute atomic E-state index is 12.0. The van der Waals surface area contributed by atoms with E-state index in [9.17, 15) is 9.59 Å². The van der Waals surface area contributed by atoms with Gasteiger partial charge in [-0.05, 0) is 24.3 Å². The summed E-state index contributed by atoms with van der Waals surface area (Å²) in [5, 5.41) is 2.90. The molecule has 1 saturated heterocycles. The van der Waals surface area contributed by atoms with E-state index < -0.39 is 0 Å². The number of anilines is 2. The predicted octanol–water partition coefficient (Wildman–Crippen LogP) is 2.59. The minimum absolute atomic E-state index is 0.0264. The van der Waals surface area contributed by atoms with Crippen LogP contribution in [0.4, 0.5) is 11.4 Å². The molecule has 1 heterocycles. The number of hydrogen-bond donors (Lipinski definition) is 1. The number of carbonyl (C=O) groups is 2. The van der Waals surface area contributed by atoms with E-state index in [1.807, 2.05) is 56.9 Å². The number of nitrogens with one attached hydrogen (secondary N) is 1. The Morgan fingerprint density at radius 2 is 1.48 bits per heavy atom. The van der Waals surface area contributed by atoms with Crippen molar-refractivity contribution < 1.29 is 9.59 Å². The molecule has 0 saturated carbocycles. The predicted molar refractivity (Wildman–Crippen MR) is 93.5 cm³/mol. The maximum atomic E-state index is 12.0. The lowest BCUT2D eigenvalue weighted by Crippen LogP contribution is -2.49. The van der Waals surface area contributed by atoms with Crippen molar-refractivity contribution in [1.82, 2.24) is 4.90 Å². The van der Waals surface area contributed by atoms with Gasteiger partial charge in [-0.15, -0.1) is 0 Å². The van der Waals surface area contributed by atoms with Crippen molar-refractivity contribution in [1.29, 1.82) is 0 Å². The van der Waals surface area contributed by atoms with Crippen molar-refractivity contribution in [3.8, 4) is 0 Å². The van der Waals surface area contributed by atoms with Gasteiger partial charge in [0, 0.05) is 49.4 Å². The van der Waals surface area contributed by atoms with E-state index in [2.05, 4.69) is 10.2 Å². The lowest BCUT2D eigenvalue weighted by Gasteiger charge is -2.37. The molecule has 23 heavy (non-hydrogen) atoms. The normalized spacial score (nSPS) is 15.2. The maximum Gasteiger partial charge on any atom is 0.226 e. The van der Waals surface area contributed by atoms with Crippen LogP contribution in [0.3, 0.4) is 0 Å². The molecule has 1 N–H and O–H groups in total. The minimum atomic E-state index is -0.0266. The number of hydrogen-bond acceptors (Lipinski definition) is 3. The van der Waals surface area contributed by atoms with Crippen molar-refractivity contribution >= 4 is 23.2 Å². The Bertz CT molecular complexity index is 544. The average molecular weight is 317 g/mol. The zero-order chi connectivity index (χ0) is 17.0. The smallest absolute Gasteiger partial charge is 0.226 e. The van der Waals surface area contributed by atoms with E-state index in [1.165, 1.54) is 0 Å². The number of carbonyl (C=O) groups excluding carboxylic acids is 2. The zero-order valence-electron chi connectivity index (χ0n) is 14.5. The number of benzene rings is 1. The van der Waals surface area contributed by atoms with E-state index >= 15 is 0 Å². The van der Waals surface area contributed by atoms with Crippen molar-refractivity contribution in [3.05, 3.63) is 24.3 Å². The van der Waals surface area contributed by atoms with Crippen LogP contribution < -0.4 is 10.2 Å². The molecule has 1 aliphatic heterocycles.